The standard InChI is InChI=1S/C11H13N3/c1-6-10-7(2-3-9(10)13)4-8(5-12)11(6)14/h4,9H,2-3,13-14H2,1H3/t9-/m1/s1. The summed E-state index contributed by atoms with van der Waals surface area (Å²) in [5, 5.41) is 8.88. The van der Waals surface area contributed by atoms with E-state index in [1.165, 1.54) is 5.56 Å². The molecule has 1 aliphatic carbocycles. The van der Waals surface area contributed by atoms with Gasteiger partial charge in [-0.05, 0) is 42.5 Å². The smallest absolute Gasteiger partial charge is 0.101 e. The van der Waals surface area contributed by atoms with Gasteiger partial charge in [0.2, 0.25) is 0 Å². The highest BCUT2D eigenvalue weighted by atomic mass is 14.7. The predicted molar refractivity (Wildman–Crippen MR) is 55.6 cm³/mol. The number of hydrogen-bond donors (Lipinski definition) is 2. The van der Waals surface area contributed by atoms with Crippen LogP contribution in [0.25, 0.3) is 0 Å². The Morgan fingerprint density at radius 2 is 2.29 bits per heavy atom. The molecule has 0 aliphatic heterocycles. The summed E-state index contributed by atoms with van der Waals surface area (Å²) in [6.07, 6.45) is 1.93. The van der Waals surface area contributed by atoms with Gasteiger partial charge >= 0.3 is 0 Å². The van der Waals surface area contributed by atoms with E-state index in [1.807, 2.05) is 13.0 Å². The first kappa shape index (κ1) is 9.04. The molecule has 0 saturated heterocycles. The Morgan fingerprint density at radius 3 is 2.93 bits per heavy atom. The molecule has 4 N–H and O–H groups in total. The van der Waals surface area contributed by atoms with Crippen molar-refractivity contribution < 1.29 is 0 Å². The van der Waals surface area contributed by atoms with Gasteiger partial charge in [0.25, 0.3) is 0 Å². The Morgan fingerprint density at radius 1 is 1.57 bits per heavy atom. The maximum absolute atomic E-state index is 8.88. The molecule has 14 heavy (non-hydrogen) atoms. The van der Waals surface area contributed by atoms with E-state index in [-0.39, 0.29) is 6.04 Å². The monoisotopic (exact) mass is 187 g/mol. The summed E-state index contributed by atoms with van der Waals surface area (Å²) in [6, 6.07) is 4.09. The third kappa shape index (κ3) is 1.08. The number of nitrogens with zero attached hydrogens (tertiary/aromatic N) is 1. The van der Waals surface area contributed by atoms with Crippen LogP contribution in [0.4, 0.5) is 5.69 Å². The van der Waals surface area contributed by atoms with E-state index in [9.17, 15) is 0 Å². The van der Waals surface area contributed by atoms with Crippen LogP contribution in [-0.4, -0.2) is 0 Å². The van der Waals surface area contributed by atoms with Gasteiger partial charge in [0.15, 0.2) is 0 Å². The van der Waals surface area contributed by atoms with E-state index >= 15 is 0 Å². The van der Waals surface area contributed by atoms with Crippen molar-refractivity contribution in [3.63, 3.8) is 0 Å². The van der Waals surface area contributed by atoms with Crippen molar-refractivity contribution in [2.24, 2.45) is 5.73 Å². The van der Waals surface area contributed by atoms with Crippen LogP contribution < -0.4 is 11.5 Å². The molecule has 0 aromatic heterocycles. The molecule has 0 fully saturated rings. The molecule has 3 heteroatoms. The van der Waals surface area contributed by atoms with Crippen LogP contribution >= 0.6 is 0 Å². The number of benzene rings is 1. The first-order valence-corrected chi connectivity index (χ1v) is 4.72. The van der Waals surface area contributed by atoms with Gasteiger partial charge in [-0.3, -0.25) is 0 Å². The van der Waals surface area contributed by atoms with Crippen LogP contribution in [-0.2, 0) is 6.42 Å². The van der Waals surface area contributed by atoms with Crippen LogP contribution in [0.5, 0.6) is 0 Å². The van der Waals surface area contributed by atoms with Crippen molar-refractivity contribution in [2.45, 2.75) is 25.8 Å². The summed E-state index contributed by atoms with van der Waals surface area (Å²) in [6.45, 7) is 1.94. The topological polar surface area (TPSA) is 75.8 Å². The van der Waals surface area contributed by atoms with E-state index in [2.05, 4.69) is 6.07 Å². The van der Waals surface area contributed by atoms with Gasteiger partial charge in [0.05, 0.1) is 11.3 Å². The lowest BCUT2D eigenvalue weighted by atomic mass is 9.97. The highest BCUT2D eigenvalue weighted by molar-refractivity contribution is 5.65. The number of hydrogen-bond acceptors (Lipinski definition) is 3. The third-order valence-corrected chi connectivity index (χ3v) is 2.98. The average Bonchev–Trinajstić information content (AvgIpc) is 2.54. The summed E-state index contributed by atoms with van der Waals surface area (Å²) in [4.78, 5) is 0. The lowest BCUT2D eigenvalue weighted by Crippen LogP contribution is -2.09. The molecule has 0 bridgehead atoms. The summed E-state index contributed by atoms with van der Waals surface area (Å²) in [5.41, 5.74) is 16.3. The lowest BCUT2D eigenvalue weighted by molar-refractivity contribution is 0.710. The maximum atomic E-state index is 8.88. The SMILES string of the molecule is Cc1c(N)c(C#N)cc2c1[C@H](N)CC2. The summed E-state index contributed by atoms with van der Waals surface area (Å²) in [7, 11) is 0. The molecule has 0 heterocycles. The number of rotatable bonds is 0. The minimum absolute atomic E-state index is 0.0973. The zero-order chi connectivity index (χ0) is 10.3. The fourth-order valence-corrected chi connectivity index (χ4v) is 2.19. The third-order valence-electron chi connectivity index (χ3n) is 2.98. The van der Waals surface area contributed by atoms with Crippen LogP contribution in [0.1, 0.15) is 34.7 Å². The minimum Gasteiger partial charge on any atom is -0.397 e. The Bertz CT molecular complexity index is 429. The van der Waals surface area contributed by atoms with Crippen LogP contribution in [0.2, 0.25) is 0 Å². The average molecular weight is 187 g/mol. The van der Waals surface area contributed by atoms with Gasteiger partial charge in [0.1, 0.15) is 6.07 Å². The normalized spacial score (nSPS) is 19.1. The van der Waals surface area contributed by atoms with Crippen molar-refractivity contribution in [1.29, 1.82) is 5.26 Å². The Hall–Kier alpha value is -1.53. The van der Waals surface area contributed by atoms with Gasteiger partial charge in [-0.1, -0.05) is 0 Å². The van der Waals surface area contributed by atoms with Crippen LogP contribution in [0, 0.1) is 18.3 Å². The molecule has 1 aromatic rings. The molecule has 0 spiro atoms. The van der Waals surface area contributed by atoms with Crippen LogP contribution in [0.15, 0.2) is 6.07 Å². The number of fused-ring (bicyclic) bond motifs is 1. The van der Waals surface area contributed by atoms with Crippen molar-refractivity contribution in [3.05, 3.63) is 28.3 Å². The second-order valence-corrected chi connectivity index (χ2v) is 3.79. The zero-order valence-electron chi connectivity index (χ0n) is 8.17. The summed E-state index contributed by atoms with van der Waals surface area (Å²) in [5.74, 6) is 0. The van der Waals surface area contributed by atoms with E-state index in [4.69, 9.17) is 16.7 Å². The largest absolute Gasteiger partial charge is 0.397 e. The van der Waals surface area contributed by atoms with Gasteiger partial charge in [-0.2, -0.15) is 5.26 Å². The summed E-state index contributed by atoms with van der Waals surface area (Å²) >= 11 is 0. The van der Waals surface area contributed by atoms with Gasteiger partial charge in [0, 0.05) is 6.04 Å². The fraction of sp³-hybridized carbons (Fsp3) is 0.364. The molecule has 1 atom stereocenters. The molecule has 0 saturated carbocycles. The second kappa shape index (κ2) is 3.00. The highest BCUT2D eigenvalue weighted by Gasteiger charge is 2.23. The number of nitrogen functional groups attached to an aromatic ring is 1. The summed E-state index contributed by atoms with van der Waals surface area (Å²) < 4.78 is 0. The molecular weight excluding hydrogens is 174 g/mol. The van der Waals surface area contributed by atoms with Crippen molar-refractivity contribution in [3.8, 4) is 6.07 Å². The van der Waals surface area contributed by atoms with E-state index in [0.717, 1.165) is 24.0 Å². The molecule has 0 unspecified atom stereocenters. The number of aryl methyl sites for hydroxylation is 1. The Kier molecular flexibility index (Phi) is 1.94. The quantitative estimate of drug-likeness (QED) is 0.603. The van der Waals surface area contributed by atoms with Crippen molar-refractivity contribution >= 4 is 5.69 Å². The van der Waals surface area contributed by atoms with Crippen molar-refractivity contribution in [2.75, 3.05) is 5.73 Å². The molecule has 3 nitrogen and oxygen atoms in total. The maximum Gasteiger partial charge on any atom is 0.101 e. The molecule has 2 rings (SSSR count). The van der Waals surface area contributed by atoms with E-state index < -0.39 is 0 Å². The fourth-order valence-electron chi connectivity index (χ4n) is 2.19. The predicted octanol–water partition coefficient (Wildman–Crippen LogP) is 1.39. The van der Waals surface area contributed by atoms with Crippen LogP contribution in [0.3, 0.4) is 0 Å². The molecule has 72 valence electrons. The molecule has 0 radical (unpaired) electrons. The lowest BCUT2D eigenvalue weighted by Gasteiger charge is -2.12. The number of nitrogens with two attached hydrogens (primary N) is 2. The minimum atomic E-state index is 0.0973. The first-order valence-electron chi connectivity index (χ1n) is 4.72. The van der Waals surface area contributed by atoms with Gasteiger partial charge < -0.3 is 11.5 Å². The van der Waals surface area contributed by atoms with E-state index in [0.29, 0.717) is 11.3 Å². The molecule has 0 amide bonds. The molecule has 1 aromatic carbocycles. The van der Waals surface area contributed by atoms with Gasteiger partial charge in [-0.15, -0.1) is 0 Å². The first-order chi connectivity index (χ1) is 6.65. The molecule has 1 aliphatic rings. The Balaban J connectivity index is 2.70. The van der Waals surface area contributed by atoms with E-state index in [1.54, 1.807) is 0 Å². The zero-order valence-corrected chi connectivity index (χ0v) is 8.17. The number of nitriles is 1. The second-order valence-electron chi connectivity index (χ2n) is 3.79. The Labute approximate surface area is 83.3 Å². The highest BCUT2D eigenvalue weighted by Crippen LogP contribution is 2.36. The number of anilines is 1. The van der Waals surface area contributed by atoms with Gasteiger partial charge in [-0.25, -0.2) is 0 Å². The molecular formula is C11H13N3. The van der Waals surface area contributed by atoms with Crippen molar-refractivity contribution in [1.82, 2.24) is 0 Å².